The molecule has 0 aliphatic carbocycles. The largest absolute Gasteiger partial charge is 0.471 e. The second-order valence-electron chi connectivity index (χ2n) is 4.40. The van der Waals surface area contributed by atoms with E-state index in [0.29, 0.717) is 12.0 Å². The Balaban J connectivity index is 2.15. The summed E-state index contributed by atoms with van der Waals surface area (Å²) in [6.45, 7) is 1.48. The lowest BCUT2D eigenvalue weighted by atomic mass is 10.1. The first-order valence-corrected chi connectivity index (χ1v) is 6.83. The predicted octanol–water partition coefficient (Wildman–Crippen LogP) is 3.65. The topological polar surface area (TPSA) is 56.0 Å². The van der Waals surface area contributed by atoms with E-state index in [0.717, 1.165) is 5.56 Å². The van der Waals surface area contributed by atoms with Gasteiger partial charge in [0.2, 0.25) is 5.82 Å². The van der Waals surface area contributed by atoms with E-state index in [-0.39, 0.29) is 16.4 Å². The molecular weight excluding hydrogens is 353 g/mol. The summed E-state index contributed by atoms with van der Waals surface area (Å²) in [5, 5.41) is 3.30. The number of nitrogens with zero attached hydrogens (tertiary/aromatic N) is 2. The van der Waals surface area contributed by atoms with Gasteiger partial charge in [-0.2, -0.15) is 18.2 Å². The Morgan fingerprint density at radius 2 is 1.95 bits per heavy atom. The maximum absolute atomic E-state index is 12.4. The first-order chi connectivity index (χ1) is 9.77. The van der Waals surface area contributed by atoms with Crippen molar-refractivity contribution < 1.29 is 22.5 Å². The molecule has 1 aromatic carbocycles. The Morgan fingerprint density at radius 3 is 2.43 bits per heavy atom. The molecule has 0 saturated carbocycles. The van der Waals surface area contributed by atoms with Crippen LogP contribution >= 0.6 is 15.9 Å². The minimum atomic E-state index is -4.66. The van der Waals surface area contributed by atoms with Gasteiger partial charge in [-0.05, 0) is 18.9 Å². The number of Topliss-reactive ketones (excluding diaryl/α,β-unsaturated/α-hetero) is 1. The van der Waals surface area contributed by atoms with Gasteiger partial charge in [0.15, 0.2) is 0 Å². The van der Waals surface area contributed by atoms with Crippen LogP contribution in [0, 0.1) is 0 Å². The predicted molar refractivity (Wildman–Crippen MR) is 71.8 cm³/mol. The van der Waals surface area contributed by atoms with Crippen LogP contribution in [-0.4, -0.2) is 20.8 Å². The summed E-state index contributed by atoms with van der Waals surface area (Å²) in [6.07, 6.45) is -4.16. The van der Waals surface area contributed by atoms with Crippen LogP contribution in [-0.2, 0) is 17.4 Å². The van der Waals surface area contributed by atoms with E-state index in [1.807, 2.05) is 0 Å². The van der Waals surface area contributed by atoms with Crippen LogP contribution in [0.1, 0.15) is 18.4 Å². The Kier molecular flexibility index (Phi) is 4.46. The SMILES string of the molecule is CC(=O)C(Br)Cc1ccc(-c2noc(C(F)(F)F)n2)cc1. The van der Waals surface area contributed by atoms with Crippen molar-refractivity contribution in [3.05, 3.63) is 35.7 Å². The van der Waals surface area contributed by atoms with Crippen LogP contribution in [0.5, 0.6) is 0 Å². The number of rotatable bonds is 4. The van der Waals surface area contributed by atoms with Gasteiger partial charge >= 0.3 is 12.1 Å². The van der Waals surface area contributed by atoms with Crippen molar-refractivity contribution in [3.8, 4) is 11.4 Å². The van der Waals surface area contributed by atoms with Gasteiger partial charge in [-0.3, -0.25) is 4.79 Å². The van der Waals surface area contributed by atoms with Crippen LogP contribution in [0.15, 0.2) is 28.8 Å². The van der Waals surface area contributed by atoms with E-state index in [1.165, 1.54) is 6.92 Å². The first-order valence-electron chi connectivity index (χ1n) is 5.92. The summed E-state index contributed by atoms with van der Waals surface area (Å²) in [4.78, 5) is 14.2. The van der Waals surface area contributed by atoms with Gasteiger partial charge in [-0.15, -0.1) is 0 Å². The molecule has 8 heteroatoms. The van der Waals surface area contributed by atoms with Crippen molar-refractivity contribution in [2.24, 2.45) is 0 Å². The van der Waals surface area contributed by atoms with Crippen molar-refractivity contribution in [2.75, 3.05) is 0 Å². The van der Waals surface area contributed by atoms with Gasteiger partial charge in [-0.1, -0.05) is 45.4 Å². The summed E-state index contributed by atoms with van der Waals surface area (Å²) in [7, 11) is 0. The Morgan fingerprint density at radius 1 is 1.33 bits per heavy atom. The fraction of sp³-hybridized carbons (Fsp3) is 0.308. The van der Waals surface area contributed by atoms with E-state index in [9.17, 15) is 18.0 Å². The van der Waals surface area contributed by atoms with Crippen LogP contribution in [0.3, 0.4) is 0 Å². The van der Waals surface area contributed by atoms with Crippen LogP contribution in [0.4, 0.5) is 13.2 Å². The van der Waals surface area contributed by atoms with Gasteiger partial charge < -0.3 is 4.52 Å². The number of carbonyl (C=O) groups excluding carboxylic acids is 1. The van der Waals surface area contributed by atoms with Crippen LogP contribution < -0.4 is 0 Å². The van der Waals surface area contributed by atoms with Crippen molar-refractivity contribution in [1.82, 2.24) is 10.1 Å². The molecule has 2 rings (SSSR count). The van der Waals surface area contributed by atoms with Gasteiger partial charge in [-0.25, -0.2) is 0 Å². The van der Waals surface area contributed by atoms with Crippen molar-refractivity contribution in [2.45, 2.75) is 24.3 Å². The summed E-state index contributed by atoms with van der Waals surface area (Å²) in [6, 6.07) is 6.58. The number of aromatic nitrogens is 2. The monoisotopic (exact) mass is 362 g/mol. The maximum atomic E-state index is 12.4. The number of alkyl halides is 4. The summed E-state index contributed by atoms with van der Waals surface area (Å²) >= 11 is 3.25. The highest BCUT2D eigenvalue weighted by Crippen LogP contribution is 2.29. The van der Waals surface area contributed by atoms with Gasteiger partial charge in [0.05, 0.1) is 4.83 Å². The minimum Gasteiger partial charge on any atom is -0.329 e. The average molecular weight is 363 g/mol. The number of benzene rings is 1. The van der Waals surface area contributed by atoms with Crippen LogP contribution in [0.2, 0.25) is 0 Å². The van der Waals surface area contributed by atoms with E-state index in [2.05, 4.69) is 30.6 Å². The highest BCUT2D eigenvalue weighted by atomic mass is 79.9. The Bertz CT molecular complexity index is 638. The molecule has 0 bridgehead atoms. The van der Waals surface area contributed by atoms with Gasteiger partial charge in [0.1, 0.15) is 5.78 Å². The molecule has 1 aromatic heterocycles. The molecule has 4 nitrogen and oxygen atoms in total. The fourth-order valence-corrected chi connectivity index (χ4v) is 1.97. The summed E-state index contributed by atoms with van der Waals surface area (Å²) in [5.41, 5.74) is 1.28. The zero-order valence-corrected chi connectivity index (χ0v) is 12.4. The second kappa shape index (κ2) is 5.97. The number of carbonyl (C=O) groups is 1. The molecule has 0 aliphatic heterocycles. The quantitative estimate of drug-likeness (QED) is 0.779. The molecule has 2 aromatic rings. The smallest absolute Gasteiger partial charge is 0.329 e. The second-order valence-corrected chi connectivity index (χ2v) is 5.51. The van der Waals surface area contributed by atoms with Crippen molar-refractivity contribution in [3.63, 3.8) is 0 Å². The molecule has 1 heterocycles. The average Bonchev–Trinajstić information content (AvgIpc) is 2.89. The number of hydrogen-bond donors (Lipinski definition) is 0. The fourth-order valence-electron chi connectivity index (χ4n) is 1.60. The molecule has 112 valence electrons. The third kappa shape index (κ3) is 3.90. The van der Waals surface area contributed by atoms with Crippen LogP contribution in [0.25, 0.3) is 11.4 Å². The van der Waals surface area contributed by atoms with E-state index in [4.69, 9.17) is 0 Å². The molecule has 0 saturated heterocycles. The molecular formula is C13H10BrF3N2O2. The first kappa shape index (κ1) is 15.7. The van der Waals surface area contributed by atoms with E-state index < -0.39 is 12.1 Å². The van der Waals surface area contributed by atoms with Crippen molar-refractivity contribution >= 4 is 21.7 Å². The molecule has 0 aliphatic rings. The lowest BCUT2D eigenvalue weighted by Crippen LogP contribution is -2.12. The maximum Gasteiger partial charge on any atom is 0.471 e. The molecule has 0 amide bonds. The minimum absolute atomic E-state index is 0.00654. The lowest BCUT2D eigenvalue weighted by Gasteiger charge is -2.06. The molecule has 1 unspecified atom stereocenters. The summed E-state index contributed by atoms with van der Waals surface area (Å²) < 4.78 is 41.3. The van der Waals surface area contributed by atoms with E-state index in [1.54, 1.807) is 24.3 Å². The van der Waals surface area contributed by atoms with Crippen molar-refractivity contribution in [1.29, 1.82) is 0 Å². The molecule has 1 atom stereocenters. The molecule has 0 N–H and O–H groups in total. The number of ketones is 1. The van der Waals surface area contributed by atoms with Gasteiger partial charge in [0, 0.05) is 5.56 Å². The Hall–Kier alpha value is -1.70. The lowest BCUT2D eigenvalue weighted by molar-refractivity contribution is -0.159. The molecule has 0 fully saturated rings. The molecule has 21 heavy (non-hydrogen) atoms. The Labute approximate surface area is 126 Å². The zero-order valence-electron chi connectivity index (χ0n) is 10.8. The number of halogens is 4. The van der Waals surface area contributed by atoms with E-state index >= 15 is 0 Å². The molecule has 0 radical (unpaired) electrons. The highest BCUT2D eigenvalue weighted by Gasteiger charge is 2.38. The standard InChI is InChI=1S/C13H10BrF3N2O2/c1-7(20)10(14)6-8-2-4-9(5-3-8)11-18-12(21-19-11)13(15,16)17/h2-5,10H,6H2,1H3. The third-order valence-corrected chi connectivity index (χ3v) is 3.71. The van der Waals surface area contributed by atoms with Gasteiger partial charge in [0.25, 0.3) is 0 Å². The summed E-state index contributed by atoms with van der Waals surface area (Å²) in [5.74, 6) is -1.50. The third-order valence-electron chi connectivity index (χ3n) is 2.74. The highest BCUT2D eigenvalue weighted by molar-refractivity contribution is 9.10. The normalized spacial score (nSPS) is 13.2. The molecule has 0 spiro atoms. The number of hydrogen-bond acceptors (Lipinski definition) is 4. The zero-order chi connectivity index (χ0) is 15.6.